The third-order valence-electron chi connectivity index (χ3n) is 3.04. The minimum atomic E-state index is -0.906. The smallest absolute Gasteiger partial charge is 0.148 e. The first kappa shape index (κ1) is 11.1. The fourth-order valence-corrected chi connectivity index (χ4v) is 2.03. The molecule has 3 nitrogen and oxygen atoms in total. The van der Waals surface area contributed by atoms with Crippen molar-refractivity contribution in [3.63, 3.8) is 0 Å². The van der Waals surface area contributed by atoms with Gasteiger partial charge in [0.05, 0.1) is 12.3 Å². The Morgan fingerprint density at radius 2 is 2.12 bits per heavy atom. The Labute approximate surface area is 96.2 Å². The summed E-state index contributed by atoms with van der Waals surface area (Å²) in [5.41, 5.74) is 3.79. The van der Waals surface area contributed by atoms with Gasteiger partial charge in [0.1, 0.15) is 5.60 Å². The SMILES string of the molecule is CCCCC1=NNCC1(O)c1ccccc1. The maximum Gasteiger partial charge on any atom is 0.148 e. The summed E-state index contributed by atoms with van der Waals surface area (Å²) in [6, 6.07) is 9.76. The van der Waals surface area contributed by atoms with Crippen LogP contribution in [0.5, 0.6) is 0 Å². The molecule has 1 aliphatic heterocycles. The molecule has 1 aromatic carbocycles. The van der Waals surface area contributed by atoms with Gasteiger partial charge in [-0.15, -0.1) is 0 Å². The first-order valence-electron chi connectivity index (χ1n) is 5.85. The number of aliphatic hydroxyl groups is 1. The van der Waals surface area contributed by atoms with E-state index >= 15 is 0 Å². The molecule has 0 saturated carbocycles. The molecule has 0 fully saturated rings. The molecule has 0 aliphatic carbocycles. The Balaban J connectivity index is 2.21. The summed E-state index contributed by atoms with van der Waals surface area (Å²) in [5.74, 6) is 0. The molecule has 0 saturated heterocycles. The molecular formula is C13H18N2O. The van der Waals surface area contributed by atoms with E-state index in [0.717, 1.165) is 30.5 Å². The Morgan fingerprint density at radius 1 is 1.38 bits per heavy atom. The van der Waals surface area contributed by atoms with E-state index in [9.17, 15) is 5.11 Å². The van der Waals surface area contributed by atoms with Crippen LogP contribution in [0.4, 0.5) is 0 Å². The number of rotatable bonds is 4. The van der Waals surface area contributed by atoms with Crippen LogP contribution in [0.1, 0.15) is 31.7 Å². The van der Waals surface area contributed by atoms with E-state index in [1.54, 1.807) is 0 Å². The summed E-state index contributed by atoms with van der Waals surface area (Å²) in [5, 5.41) is 14.9. The van der Waals surface area contributed by atoms with Crippen LogP contribution in [0.2, 0.25) is 0 Å². The number of hydrogen-bond donors (Lipinski definition) is 2. The number of nitrogens with one attached hydrogen (secondary N) is 1. The Morgan fingerprint density at radius 3 is 2.81 bits per heavy atom. The molecule has 3 heteroatoms. The summed E-state index contributed by atoms with van der Waals surface area (Å²) >= 11 is 0. The van der Waals surface area contributed by atoms with Gasteiger partial charge in [-0.1, -0.05) is 43.7 Å². The highest BCUT2D eigenvalue weighted by atomic mass is 16.3. The third kappa shape index (κ3) is 1.95. The van der Waals surface area contributed by atoms with Gasteiger partial charge in [0.15, 0.2) is 0 Å². The lowest BCUT2D eigenvalue weighted by Crippen LogP contribution is -2.37. The molecule has 0 aromatic heterocycles. The van der Waals surface area contributed by atoms with Gasteiger partial charge in [-0.25, -0.2) is 0 Å². The topological polar surface area (TPSA) is 44.6 Å². The first-order valence-corrected chi connectivity index (χ1v) is 5.85. The van der Waals surface area contributed by atoms with Crippen LogP contribution in [-0.4, -0.2) is 17.4 Å². The fraction of sp³-hybridized carbons (Fsp3) is 0.462. The van der Waals surface area contributed by atoms with Crippen molar-refractivity contribution in [2.45, 2.75) is 31.8 Å². The van der Waals surface area contributed by atoms with Crippen molar-refractivity contribution in [3.05, 3.63) is 35.9 Å². The zero-order valence-corrected chi connectivity index (χ0v) is 9.61. The number of hydrogen-bond acceptors (Lipinski definition) is 3. The number of hydrazone groups is 1. The van der Waals surface area contributed by atoms with Gasteiger partial charge in [0.25, 0.3) is 0 Å². The Bertz CT molecular complexity index is 375. The molecular weight excluding hydrogens is 200 g/mol. The van der Waals surface area contributed by atoms with Crippen LogP contribution in [0, 0.1) is 0 Å². The van der Waals surface area contributed by atoms with Gasteiger partial charge < -0.3 is 10.5 Å². The normalized spacial score (nSPS) is 24.0. The van der Waals surface area contributed by atoms with E-state index in [4.69, 9.17) is 0 Å². The van der Waals surface area contributed by atoms with Gasteiger partial charge in [0.2, 0.25) is 0 Å². The van der Waals surface area contributed by atoms with Crippen LogP contribution in [0.15, 0.2) is 35.4 Å². The van der Waals surface area contributed by atoms with E-state index in [-0.39, 0.29) is 0 Å². The number of nitrogens with zero attached hydrogens (tertiary/aromatic N) is 1. The van der Waals surface area contributed by atoms with Crippen molar-refractivity contribution in [2.24, 2.45) is 5.10 Å². The van der Waals surface area contributed by atoms with E-state index in [1.807, 2.05) is 30.3 Å². The van der Waals surface area contributed by atoms with Gasteiger partial charge >= 0.3 is 0 Å². The standard InChI is InChI=1S/C13H18N2O/c1-2-3-9-12-13(16,10-14-15-12)11-7-5-4-6-8-11/h4-8,14,16H,2-3,9-10H2,1H3. The molecule has 1 aliphatic rings. The molecule has 1 heterocycles. The van der Waals surface area contributed by atoms with Gasteiger partial charge in [-0.05, 0) is 18.4 Å². The summed E-state index contributed by atoms with van der Waals surface area (Å²) in [6.07, 6.45) is 3.04. The predicted octanol–water partition coefficient (Wildman–Crippen LogP) is 2.02. The van der Waals surface area contributed by atoms with E-state index < -0.39 is 5.60 Å². The maximum atomic E-state index is 10.7. The maximum absolute atomic E-state index is 10.7. The number of benzene rings is 1. The Hall–Kier alpha value is -1.35. The summed E-state index contributed by atoms with van der Waals surface area (Å²) in [6.45, 7) is 2.63. The van der Waals surface area contributed by atoms with Crippen molar-refractivity contribution < 1.29 is 5.11 Å². The molecule has 0 bridgehead atoms. The van der Waals surface area contributed by atoms with Gasteiger partial charge in [0, 0.05) is 0 Å². The molecule has 1 unspecified atom stereocenters. The summed E-state index contributed by atoms with van der Waals surface area (Å²) in [7, 11) is 0. The van der Waals surface area contributed by atoms with Crippen LogP contribution >= 0.6 is 0 Å². The largest absolute Gasteiger partial charge is 0.377 e. The van der Waals surface area contributed by atoms with Gasteiger partial charge in [-0.3, -0.25) is 0 Å². The second-order valence-electron chi connectivity index (χ2n) is 4.22. The number of β-amino-alcohol motifs (C(OH)–C–C–N with tert-alkyl or cyclic N) is 1. The third-order valence-corrected chi connectivity index (χ3v) is 3.04. The molecule has 1 atom stereocenters. The summed E-state index contributed by atoms with van der Waals surface area (Å²) in [4.78, 5) is 0. The summed E-state index contributed by atoms with van der Waals surface area (Å²) < 4.78 is 0. The fourth-order valence-electron chi connectivity index (χ4n) is 2.03. The van der Waals surface area contributed by atoms with E-state index in [2.05, 4.69) is 17.5 Å². The van der Waals surface area contributed by atoms with Crippen LogP contribution < -0.4 is 5.43 Å². The Kier molecular flexibility index (Phi) is 3.25. The molecule has 0 amide bonds. The van der Waals surface area contributed by atoms with E-state index in [1.165, 1.54) is 0 Å². The highest BCUT2D eigenvalue weighted by molar-refractivity contribution is 5.94. The lowest BCUT2D eigenvalue weighted by atomic mass is 9.87. The van der Waals surface area contributed by atoms with Crippen molar-refractivity contribution in [1.29, 1.82) is 0 Å². The van der Waals surface area contributed by atoms with Crippen molar-refractivity contribution >= 4 is 5.71 Å². The molecule has 86 valence electrons. The van der Waals surface area contributed by atoms with Crippen LogP contribution in [0.3, 0.4) is 0 Å². The first-order chi connectivity index (χ1) is 7.77. The quantitative estimate of drug-likeness (QED) is 0.812. The minimum absolute atomic E-state index is 0.482. The van der Waals surface area contributed by atoms with Crippen molar-refractivity contribution in [3.8, 4) is 0 Å². The highest BCUT2D eigenvalue weighted by Crippen LogP contribution is 2.27. The zero-order chi connectivity index (χ0) is 11.4. The molecule has 1 aromatic rings. The number of unbranched alkanes of at least 4 members (excludes halogenated alkanes) is 1. The van der Waals surface area contributed by atoms with Crippen LogP contribution in [-0.2, 0) is 5.60 Å². The molecule has 2 rings (SSSR count). The average molecular weight is 218 g/mol. The van der Waals surface area contributed by atoms with Crippen molar-refractivity contribution in [1.82, 2.24) is 5.43 Å². The minimum Gasteiger partial charge on any atom is -0.377 e. The monoisotopic (exact) mass is 218 g/mol. The zero-order valence-electron chi connectivity index (χ0n) is 9.61. The second kappa shape index (κ2) is 4.66. The van der Waals surface area contributed by atoms with Crippen LogP contribution in [0.25, 0.3) is 0 Å². The molecule has 0 radical (unpaired) electrons. The van der Waals surface area contributed by atoms with E-state index in [0.29, 0.717) is 6.54 Å². The molecule has 0 spiro atoms. The van der Waals surface area contributed by atoms with Gasteiger partial charge in [-0.2, -0.15) is 5.10 Å². The van der Waals surface area contributed by atoms with Crippen molar-refractivity contribution in [2.75, 3.05) is 6.54 Å². The highest BCUT2D eigenvalue weighted by Gasteiger charge is 2.38. The average Bonchev–Trinajstić information content (AvgIpc) is 2.71. The second-order valence-corrected chi connectivity index (χ2v) is 4.22. The predicted molar refractivity (Wildman–Crippen MR) is 65.3 cm³/mol. The molecule has 2 N–H and O–H groups in total. The molecule has 16 heavy (non-hydrogen) atoms. The lowest BCUT2D eigenvalue weighted by Gasteiger charge is -2.24. The lowest BCUT2D eigenvalue weighted by molar-refractivity contribution is 0.120.